The van der Waals surface area contributed by atoms with Gasteiger partial charge in [-0.05, 0) is 42.5 Å². The lowest BCUT2D eigenvalue weighted by atomic mass is 9.73. The van der Waals surface area contributed by atoms with E-state index in [1.54, 1.807) is 0 Å². The Balaban J connectivity index is 1.84. The summed E-state index contributed by atoms with van der Waals surface area (Å²) in [5.41, 5.74) is 6.38. The van der Waals surface area contributed by atoms with E-state index in [9.17, 15) is 4.79 Å². The fourth-order valence-electron chi connectivity index (χ4n) is 2.99. The lowest BCUT2D eigenvalue weighted by Crippen LogP contribution is -2.27. The largest absolute Gasteiger partial charge is 0.492 e. The Labute approximate surface area is 127 Å². The van der Waals surface area contributed by atoms with E-state index in [1.165, 1.54) is 19.3 Å². The van der Waals surface area contributed by atoms with E-state index < -0.39 is 0 Å². The van der Waals surface area contributed by atoms with Gasteiger partial charge in [0.15, 0.2) is 0 Å². The van der Waals surface area contributed by atoms with Crippen LogP contribution in [0.2, 0.25) is 0 Å². The van der Waals surface area contributed by atoms with Crippen molar-refractivity contribution in [2.24, 2.45) is 11.1 Å². The number of nitrogens with one attached hydrogen (secondary N) is 1. The van der Waals surface area contributed by atoms with E-state index in [-0.39, 0.29) is 11.3 Å². The predicted molar refractivity (Wildman–Crippen MR) is 85.4 cm³/mol. The summed E-state index contributed by atoms with van der Waals surface area (Å²) >= 11 is 0. The number of carbonyl (C=O) groups is 1. The van der Waals surface area contributed by atoms with Crippen molar-refractivity contribution in [1.29, 1.82) is 0 Å². The molecule has 1 aliphatic rings. The summed E-state index contributed by atoms with van der Waals surface area (Å²) < 4.78 is 5.41. The Morgan fingerprint density at radius 3 is 2.52 bits per heavy atom. The average Bonchev–Trinajstić information content (AvgIpc) is 2.46. The molecule has 0 atom stereocenters. The average molecular weight is 290 g/mol. The Morgan fingerprint density at radius 2 is 1.90 bits per heavy atom. The predicted octanol–water partition coefficient (Wildman–Crippen LogP) is 3.32. The Hall–Kier alpha value is -1.55. The minimum Gasteiger partial charge on any atom is -0.492 e. The molecule has 116 valence electrons. The Bertz CT molecular complexity index is 450. The van der Waals surface area contributed by atoms with Crippen LogP contribution in [0.3, 0.4) is 0 Å². The lowest BCUT2D eigenvalue weighted by Gasteiger charge is -2.32. The van der Waals surface area contributed by atoms with E-state index in [1.807, 2.05) is 24.3 Å². The van der Waals surface area contributed by atoms with Crippen LogP contribution in [0.5, 0.6) is 5.75 Å². The van der Waals surface area contributed by atoms with Crippen LogP contribution in [0.4, 0.5) is 5.69 Å². The first-order valence-corrected chi connectivity index (χ1v) is 7.84. The summed E-state index contributed by atoms with van der Waals surface area (Å²) in [5.74, 6) is 0.882. The minimum atomic E-state index is 0.107. The van der Waals surface area contributed by atoms with Crippen molar-refractivity contribution >= 4 is 11.6 Å². The number of ether oxygens (including phenoxy) is 1. The minimum absolute atomic E-state index is 0.107. The van der Waals surface area contributed by atoms with Gasteiger partial charge in [0.25, 0.3) is 0 Å². The van der Waals surface area contributed by atoms with Crippen molar-refractivity contribution in [1.82, 2.24) is 0 Å². The molecule has 1 saturated carbocycles. The fourth-order valence-corrected chi connectivity index (χ4v) is 2.99. The number of nitrogens with two attached hydrogens (primary N) is 1. The number of carbonyl (C=O) groups excluding carboxylic acids is 1. The normalized spacial score (nSPS) is 17.2. The maximum absolute atomic E-state index is 12.2. The maximum atomic E-state index is 12.2. The summed E-state index contributed by atoms with van der Waals surface area (Å²) in [5, 5.41) is 2.98. The van der Waals surface area contributed by atoms with Crippen LogP contribution in [0.25, 0.3) is 0 Å². The van der Waals surface area contributed by atoms with Crippen LogP contribution in [-0.2, 0) is 4.79 Å². The molecule has 3 N–H and O–H groups in total. The first-order chi connectivity index (χ1) is 10.1. The zero-order valence-electron chi connectivity index (χ0n) is 12.9. The second-order valence-electron chi connectivity index (χ2n) is 6.26. The molecule has 1 aliphatic carbocycles. The summed E-state index contributed by atoms with van der Waals surface area (Å²) in [7, 11) is 0. The third-order valence-corrected chi connectivity index (χ3v) is 4.17. The number of hydrogen-bond donors (Lipinski definition) is 2. The fraction of sp³-hybridized carbons (Fsp3) is 0.588. The summed E-state index contributed by atoms with van der Waals surface area (Å²) in [6.45, 7) is 3.23. The molecule has 0 unspecified atom stereocenters. The molecule has 1 aromatic rings. The van der Waals surface area contributed by atoms with Gasteiger partial charge in [0.05, 0.1) is 0 Å². The second-order valence-corrected chi connectivity index (χ2v) is 6.26. The van der Waals surface area contributed by atoms with Crippen molar-refractivity contribution in [2.75, 3.05) is 18.5 Å². The monoisotopic (exact) mass is 290 g/mol. The quantitative estimate of drug-likeness (QED) is 0.844. The van der Waals surface area contributed by atoms with E-state index >= 15 is 0 Å². The van der Waals surface area contributed by atoms with Gasteiger partial charge in [0.1, 0.15) is 12.4 Å². The number of hydrogen-bond acceptors (Lipinski definition) is 3. The molecule has 0 aliphatic heterocycles. The second kappa shape index (κ2) is 7.46. The Kier molecular flexibility index (Phi) is 5.62. The molecule has 1 aromatic carbocycles. The highest BCUT2D eigenvalue weighted by Crippen LogP contribution is 2.38. The number of rotatable bonds is 6. The molecule has 0 spiro atoms. The standard InChI is InChI=1S/C17H26N2O2/c1-17(9-3-2-4-10-17)13-16(20)19-14-5-7-15(8-6-14)21-12-11-18/h5-8H,2-4,9-13,18H2,1H3,(H,19,20). The first-order valence-electron chi connectivity index (χ1n) is 7.84. The van der Waals surface area contributed by atoms with Crippen LogP contribution >= 0.6 is 0 Å². The van der Waals surface area contributed by atoms with Crippen LogP contribution < -0.4 is 15.8 Å². The van der Waals surface area contributed by atoms with Crippen LogP contribution in [0.1, 0.15) is 45.4 Å². The molecular formula is C17H26N2O2. The zero-order chi connectivity index (χ0) is 15.1. The van der Waals surface area contributed by atoms with E-state index in [4.69, 9.17) is 10.5 Å². The third kappa shape index (κ3) is 5.05. The molecule has 1 amide bonds. The topological polar surface area (TPSA) is 64.3 Å². The molecule has 4 nitrogen and oxygen atoms in total. The van der Waals surface area contributed by atoms with Crippen molar-refractivity contribution in [3.8, 4) is 5.75 Å². The van der Waals surface area contributed by atoms with Crippen molar-refractivity contribution in [3.63, 3.8) is 0 Å². The van der Waals surface area contributed by atoms with Gasteiger partial charge in [-0.3, -0.25) is 4.79 Å². The lowest BCUT2D eigenvalue weighted by molar-refractivity contribution is -0.118. The SMILES string of the molecule is CC1(CC(=O)Nc2ccc(OCCN)cc2)CCCCC1. The van der Waals surface area contributed by atoms with Gasteiger partial charge >= 0.3 is 0 Å². The van der Waals surface area contributed by atoms with Gasteiger partial charge in [0, 0.05) is 18.7 Å². The van der Waals surface area contributed by atoms with Gasteiger partial charge in [-0.1, -0.05) is 26.2 Å². The van der Waals surface area contributed by atoms with E-state index in [2.05, 4.69) is 12.2 Å². The van der Waals surface area contributed by atoms with Gasteiger partial charge in [-0.25, -0.2) is 0 Å². The molecule has 1 fully saturated rings. The highest BCUT2D eigenvalue weighted by Gasteiger charge is 2.29. The molecule has 2 rings (SSSR count). The van der Waals surface area contributed by atoms with Crippen LogP contribution in [-0.4, -0.2) is 19.1 Å². The summed E-state index contributed by atoms with van der Waals surface area (Å²) in [6, 6.07) is 7.45. The molecule has 4 heteroatoms. The van der Waals surface area contributed by atoms with E-state index in [0.29, 0.717) is 19.6 Å². The smallest absolute Gasteiger partial charge is 0.224 e. The van der Waals surface area contributed by atoms with Crippen molar-refractivity contribution in [2.45, 2.75) is 45.4 Å². The number of anilines is 1. The number of amides is 1. The highest BCUT2D eigenvalue weighted by molar-refractivity contribution is 5.91. The third-order valence-electron chi connectivity index (χ3n) is 4.17. The Morgan fingerprint density at radius 1 is 1.24 bits per heavy atom. The van der Waals surface area contributed by atoms with Crippen LogP contribution in [0, 0.1) is 5.41 Å². The summed E-state index contributed by atoms with van der Waals surface area (Å²) in [6.07, 6.45) is 6.73. The molecule has 0 heterocycles. The van der Waals surface area contributed by atoms with Crippen LogP contribution in [0.15, 0.2) is 24.3 Å². The highest BCUT2D eigenvalue weighted by atomic mass is 16.5. The summed E-state index contributed by atoms with van der Waals surface area (Å²) in [4.78, 5) is 12.2. The maximum Gasteiger partial charge on any atom is 0.224 e. The van der Waals surface area contributed by atoms with Crippen molar-refractivity contribution < 1.29 is 9.53 Å². The number of benzene rings is 1. The first kappa shape index (κ1) is 15.8. The van der Waals surface area contributed by atoms with Crippen molar-refractivity contribution in [3.05, 3.63) is 24.3 Å². The molecule has 0 aromatic heterocycles. The molecule has 21 heavy (non-hydrogen) atoms. The molecule has 0 bridgehead atoms. The van der Waals surface area contributed by atoms with Gasteiger partial charge < -0.3 is 15.8 Å². The van der Waals surface area contributed by atoms with Gasteiger partial charge in [-0.15, -0.1) is 0 Å². The van der Waals surface area contributed by atoms with Gasteiger partial charge in [0.2, 0.25) is 5.91 Å². The molecule has 0 radical (unpaired) electrons. The molecular weight excluding hydrogens is 264 g/mol. The zero-order valence-corrected chi connectivity index (χ0v) is 12.9. The molecule has 0 saturated heterocycles. The van der Waals surface area contributed by atoms with Gasteiger partial charge in [-0.2, -0.15) is 0 Å². The van der Waals surface area contributed by atoms with E-state index in [0.717, 1.165) is 24.3 Å².